The topological polar surface area (TPSA) is 218 Å². The van der Waals surface area contributed by atoms with E-state index in [1.54, 1.807) is 29.1 Å². The second-order valence-electron chi connectivity index (χ2n) is 11.9. The number of hydrogen-bond donors (Lipinski definition) is 5. The number of carboxylic acid groups (broad SMARTS) is 1. The van der Waals surface area contributed by atoms with Crippen molar-refractivity contribution in [1.29, 1.82) is 0 Å². The van der Waals surface area contributed by atoms with Gasteiger partial charge in [-0.2, -0.15) is 11.8 Å². The average molecular weight is 730 g/mol. The van der Waals surface area contributed by atoms with Gasteiger partial charge in [-0.1, -0.05) is 23.5 Å². The van der Waals surface area contributed by atoms with Crippen LogP contribution >= 0.6 is 11.8 Å². The molecular formula is C34H47N7O9S. The molecule has 0 bridgehead atoms. The van der Waals surface area contributed by atoms with Crippen LogP contribution in [0.3, 0.4) is 0 Å². The van der Waals surface area contributed by atoms with Crippen molar-refractivity contribution in [1.82, 2.24) is 30.9 Å². The third kappa shape index (κ3) is 14.5. The van der Waals surface area contributed by atoms with E-state index in [2.05, 4.69) is 38.1 Å². The minimum absolute atomic E-state index is 0.0257. The molecule has 0 spiro atoms. The molecule has 1 aromatic heterocycles. The number of carbonyl (C=O) groups is 4. The molecule has 0 unspecified atom stereocenters. The number of benzene rings is 1. The number of ketones is 1. The van der Waals surface area contributed by atoms with E-state index in [4.69, 9.17) is 29.8 Å². The quantitative estimate of drug-likeness (QED) is 0.0340. The molecule has 3 heterocycles. The number of thioether (sulfide) groups is 1. The summed E-state index contributed by atoms with van der Waals surface area (Å²) in [5.74, 6) is 5.42. The van der Waals surface area contributed by atoms with Gasteiger partial charge in [-0.05, 0) is 31.0 Å². The van der Waals surface area contributed by atoms with Crippen LogP contribution in [0.15, 0.2) is 24.4 Å². The van der Waals surface area contributed by atoms with Crippen molar-refractivity contribution in [2.75, 3.05) is 64.3 Å². The number of carboxylic acids is 1. The molecule has 2 aliphatic rings. The maximum absolute atomic E-state index is 12.1. The smallest absolute Gasteiger partial charge is 0.315 e. The van der Waals surface area contributed by atoms with Gasteiger partial charge >= 0.3 is 12.0 Å². The van der Waals surface area contributed by atoms with E-state index in [1.807, 2.05) is 11.8 Å². The maximum Gasteiger partial charge on any atom is 0.315 e. The van der Waals surface area contributed by atoms with E-state index in [-0.39, 0.29) is 67.1 Å². The van der Waals surface area contributed by atoms with E-state index in [0.29, 0.717) is 75.7 Å². The summed E-state index contributed by atoms with van der Waals surface area (Å²) >= 11 is 1.89. The zero-order chi connectivity index (χ0) is 36.3. The standard InChI is InChI=1S/C34H47N7O9S/c35-27-20-24(7-8-26(27)29(42)9-10-32(44)45)4-3-13-50-22-25-21-41(40-39-25)12-15-48-17-19-49-18-16-47-14-11-36-31(43)6-2-1-5-30-33-28(23-51-30)37-34(46)38-33/h7-8,20-21,28,30,33H,1-2,5-6,9-19,22-23,35H2,(H,36,43)(H,44,45)(H2,37,38,46)/t28-,30-,33-/m0/s1. The number of ether oxygens (including phenoxy) is 4. The van der Waals surface area contributed by atoms with E-state index in [0.717, 1.165) is 25.0 Å². The summed E-state index contributed by atoms with van der Waals surface area (Å²) in [7, 11) is 0. The Morgan fingerprint density at radius 1 is 1.02 bits per heavy atom. The zero-order valence-corrected chi connectivity index (χ0v) is 29.4. The van der Waals surface area contributed by atoms with Crippen LogP contribution < -0.4 is 21.7 Å². The minimum Gasteiger partial charge on any atom is -0.481 e. The molecule has 0 aliphatic carbocycles. The molecule has 2 aliphatic heterocycles. The third-order valence-corrected chi connectivity index (χ3v) is 9.53. The highest BCUT2D eigenvalue weighted by atomic mass is 32.2. The van der Waals surface area contributed by atoms with Crippen LogP contribution in [0.2, 0.25) is 0 Å². The minimum atomic E-state index is -1.04. The number of carbonyl (C=O) groups excluding carboxylic acids is 3. The predicted molar refractivity (Wildman–Crippen MR) is 188 cm³/mol. The lowest BCUT2D eigenvalue weighted by Gasteiger charge is -2.16. The van der Waals surface area contributed by atoms with Gasteiger partial charge in [0.1, 0.15) is 12.3 Å². The summed E-state index contributed by atoms with van der Waals surface area (Å²) in [5.41, 5.74) is 7.75. The van der Waals surface area contributed by atoms with Crippen molar-refractivity contribution in [2.24, 2.45) is 0 Å². The summed E-state index contributed by atoms with van der Waals surface area (Å²) in [6.45, 7) is 3.97. The fourth-order valence-corrected chi connectivity index (χ4v) is 6.98. The van der Waals surface area contributed by atoms with Crippen molar-refractivity contribution >= 4 is 41.1 Å². The average Bonchev–Trinajstić information content (AvgIpc) is 3.82. The van der Waals surface area contributed by atoms with Crippen LogP contribution in [0.1, 0.15) is 60.1 Å². The van der Waals surface area contributed by atoms with Crippen LogP contribution in [0, 0.1) is 11.8 Å². The van der Waals surface area contributed by atoms with Gasteiger partial charge in [0.25, 0.3) is 0 Å². The first-order chi connectivity index (χ1) is 24.8. The van der Waals surface area contributed by atoms with E-state index in [1.165, 1.54) is 0 Å². The number of nitrogens with zero attached hydrogens (tertiary/aromatic N) is 3. The van der Waals surface area contributed by atoms with Gasteiger partial charge in [0.2, 0.25) is 5.91 Å². The molecule has 1 aromatic carbocycles. The predicted octanol–water partition coefficient (Wildman–Crippen LogP) is 1.37. The number of urea groups is 1. The molecule has 4 rings (SSSR count). The van der Waals surface area contributed by atoms with Gasteiger partial charge in [-0.15, -0.1) is 5.10 Å². The van der Waals surface area contributed by atoms with Gasteiger partial charge in [0.05, 0.1) is 77.5 Å². The van der Waals surface area contributed by atoms with Gasteiger partial charge in [-0.25, -0.2) is 9.48 Å². The summed E-state index contributed by atoms with van der Waals surface area (Å²) in [6.07, 6.45) is 4.69. The SMILES string of the molecule is Nc1cc(C#CCOCc2cn(CCOCCOCCOCCNC(=O)CCCC[C@@H]3SC[C@@H]4NC(=O)N[C@@H]43)nn2)ccc1C(=O)CCC(=O)O. The number of nitrogens with two attached hydrogens (primary N) is 1. The number of nitrogen functional groups attached to an aromatic ring is 1. The number of hydrogen-bond acceptors (Lipinski definition) is 12. The molecule has 51 heavy (non-hydrogen) atoms. The van der Waals surface area contributed by atoms with Crippen LogP contribution in [0.25, 0.3) is 0 Å². The van der Waals surface area contributed by atoms with Crippen molar-refractivity contribution in [2.45, 2.75) is 69.0 Å². The Labute approximate surface area is 301 Å². The molecule has 0 radical (unpaired) electrons. The van der Waals surface area contributed by atoms with Crippen LogP contribution in [0.4, 0.5) is 10.5 Å². The Morgan fingerprint density at radius 2 is 1.80 bits per heavy atom. The monoisotopic (exact) mass is 729 g/mol. The number of nitrogens with one attached hydrogen (secondary N) is 3. The molecule has 3 amide bonds. The lowest BCUT2D eigenvalue weighted by atomic mass is 10.0. The molecule has 3 atom stereocenters. The zero-order valence-electron chi connectivity index (χ0n) is 28.6. The Hall–Kier alpha value is -4.21. The van der Waals surface area contributed by atoms with Gasteiger partial charge in [0.15, 0.2) is 5.78 Å². The van der Waals surface area contributed by atoms with Crippen LogP contribution in [-0.4, -0.2) is 120 Å². The summed E-state index contributed by atoms with van der Waals surface area (Å²) in [5, 5.41) is 26.1. The van der Waals surface area contributed by atoms with E-state index in [9.17, 15) is 19.2 Å². The summed E-state index contributed by atoms with van der Waals surface area (Å²) in [4.78, 5) is 46.3. The van der Waals surface area contributed by atoms with Gasteiger partial charge in [-0.3, -0.25) is 14.4 Å². The number of unbranched alkanes of at least 4 members (excludes halogenated alkanes) is 1. The van der Waals surface area contributed by atoms with E-state index < -0.39 is 5.97 Å². The third-order valence-electron chi connectivity index (χ3n) is 8.02. The Balaban J connectivity index is 0.919. The molecular weight excluding hydrogens is 682 g/mol. The normalized spacial score (nSPS) is 17.6. The molecule has 16 nitrogen and oxygen atoms in total. The van der Waals surface area contributed by atoms with Gasteiger partial charge in [0, 0.05) is 47.2 Å². The highest BCUT2D eigenvalue weighted by Gasteiger charge is 2.42. The largest absolute Gasteiger partial charge is 0.481 e. The number of rotatable bonds is 24. The number of fused-ring (bicyclic) bond motifs is 1. The fourth-order valence-electron chi connectivity index (χ4n) is 5.43. The Morgan fingerprint density at radius 3 is 2.59 bits per heavy atom. The number of aliphatic carboxylic acids is 1. The van der Waals surface area contributed by atoms with Crippen molar-refractivity contribution in [3.05, 3.63) is 41.2 Å². The van der Waals surface area contributed by atoms with Crippen LogP contribution in [0.5, 0.6) is 0 Å². The van der Waals surface area contributed by atoms with Gasteiger partial charge < -0.3 is 45.7 Å². The second kappa shape index (κ2) is 21.9. The fraction of sp³-hybridized carbons (Fsp3) is 0.588. The lowest BCUT2D eigenvalue weighted by molar-refractivity contribution is -0.137. The summed E-state index contributed by atoms with van der Waals surface area (Å²) < 4.78 is 23.8. The van der Waals surface area contributed by atoms with Crippen LogP contribution in [-0.2, 0) is 41.7 Å². The van der Waals surface area contributed by atoms with E-state index >= 15 is 0 Å². The highest BCUT2D eigenvalue weighted by molar-refractivity contribution is 8.00. The number of amides is 3. The maximum atomic E-state index is 12.1. The molecule has 2 saturated heterocycles. The van der Waals surface area contributed by atoms with Crippen molar-refractivity contribution < 1.29 is 43.2 Å². The molecule has 278 valence electrons. The highest BCUT2D eigenvalue weighted by Crippen LogP contribution is 2.33. The Bertz CT molecular complexity index is 1510. The first kappa shape index (κ1) is 39.6. The first-order valence-corrected chi connectivity index (χ1v) is 18.1. The first-order valence-electron chi connectivity index (χ1n) is 17.1. The molecule has 0 saturated carbocycles. The molecule has 6 N–H and O–H groups in total. The molecule has 2 aromatic rings. The molecule has 17 heteroatoms. The van der Waals surface area contributed by atoms with Crippen molar-refractivity contribution in [3.63, 3.8) is 0 Å². The van der Waals surface area contributed by atoms with Crippen molar-refractivity contribution in [3.8, 4) is 11.8 Å². The number of anilines is 1. The lowest BCUT2D eigenvalue weighted by Crippen LogP contribution is -2.36. The number of aromatic nitrogens is 3. The number of Topliss-reactive ketones (excluding diaryl/α,β-unsaturated/α-hetero) is 1. The summed E-state index contributed by atoms with van der Waals surface area (Å²) in [6, 6.07) is 5.16. The Kier molecular flexibility index (Phi) is 17.0. The second-order valence-corrected chi connectivity index (χ2v) is 13.2. The molecule has 2 fully saturated rings.